The summed E-state index contributed by atoms with van der Waals surface area (Å²) in [6.45, 7) is 7.73. The van der Waals surface area contributed by atoms with Gasteiger partial charge < -0.3 is 5.73 Å². The van der Waals surface area contributed by atoms with E-state index in [1.54, 1.807) is 0 Å². The maximum absolute atomic E-state index is 6.13. The largest absolute Gasteiger partial charge is 0.326 e. The van der Waals surface area contributed by atoms with Crippen LogP contribution in [0.25, 0.3) is 0 Å². The highest BCUT2D eigenvalue weighted by molar-refractivity contribution is 5.22. The number of aryl methyl sites for hydroxylation is 1. The van der Waals surface area contributed by atoms with Gasteiger partial charge in [-0.15, -0.1) is 0 Å². The molecule has 1 saturated heterocycles. The summed E-state index contributed by atoms with van der Waals surface area (Å²) in [6, 6.07) is 9.33. The van der Waals surface area contributed by atoms with Crippen molar-refractivity contribution in [1.82, 2.24) is 4.90 Å². The number of hydrogen-bond acceptors (Lipinski definition) is 2. The summed E-state index contributed by atoms with van der Waals surface area (Å²) >= 11 is 0. The second kappa shape index (κ2) is 5.65. The molecule has 0 spiro atoms. The van der Waals surface area contributed by atoms with Gasteiger partial charge in [-0.2, -0.15) is 0 Å². The molecule has 0 amide bonds. The van der Waals surface area contributed by atoms with Gasteiger partial charge >= 0.3 is 0 Å². The van der Waals surface area contributed by atoms with Gasteiger partial charge in [0.25, 0.3) is 0 Å². The van der Waals surface area contributed by atoms with Gasteiger partial charge in [-0.25, -0.2) is 0 Å². The minimum atomic E-state index is 0.346. The molecule has 2 atom stereocenters. The van der Waals surface area contributed by atoms with Crippen LogP contribution in [0.15, 0.2) is 24.3 Å². The molecule has 0 bridgehead atoms. The summed E-state index contributed by atoms with van der Waals surface area (Å²) in [5.41, 5.74) is 8.95. The van der Waals surface area contributed by atoms with Crippen molar-refractivity contribution in [3.05, 3.63) is 35.4 Å². The molecule has 0 saturated carbocycles. The topological polar surface area (TPSA) is 29.3 Å². The Bertz CT molecular complexity index is 344. The molecule has 0 aromatic heterocycles. The van der Waals surface area contributed by atoms with Gasteiger partial charge in [0.05, 0.1) is 0 Å². The average Bonchev–Trinajstić information content (AvgIpc) is 2.35. The SMILES string of the molecule is CCc1ccc(CN2CCC(C)C(N)C2)cc1. The molecule has 2 rings (SSSR count). The van der Waals surface area contributed by atoms with Crippen LogP contribution in [-0.2, 0) is 13.0 Å². The predicted octanol–water partition coefficient (Wildman–Crippen LogP) is 2.42. The van der Waals surface area contributed by atoms with Gasteiger partial charge in [-0.05, 0) is 36.4 Å². The molecule has 94 valence electrons. The minimum Gasteiger partial charge on any atom is -0.326 e. The summed E-state index contributed by atoms with van der Waals surface area (Å²) in [7, 11) is 0. The van der Waals surface area contributed by atoms with Gasteiger partial charge in [0, 0.05) is 19.1 Å². The van der Waals surface area contributed by atoms with Crippen molar-refractivity contribution in [3.63, 3.8) is 0 Å². The van der Waals surface area contributed by atoms with Crippen molar-refractivity contribution < 1.29 is 0 Å². The molecule has 1 aromatic carbocycles. The summed E-state index contributed by atoms with van der Waals surface area (Å²) in [4.78, 5) is 2.48. The van der Waals surface area contributed by atoms with Crippen molar-refractivity contribution in [1.29, 1.82) is 0 Å². The van der Waals surface area contributed by atoms with Gasteiger partial charge in [-0.3, -0.25) is 4.90 Å². The fourth-order valence-corrected chi connectivity index (χ4v) is 2.45. The fourth-order valence-electron chi connectivity index (χ4n) is 2.45. The number of rotatable bonds is 3. The van der Waals surface area contributed by atoms with Crippen LogP contribution in [0.1, 0.15) is 31.4 Å². The van der Waals surface area contributed by atoms with E-state index in [-0.39, 0.29) is 0 Å². The number of nitrogens with two attached hydrogens (primary N) is 1. The molecule has 1 aliphatic heterocycles. The Morgan fingerprint density at radius 2 is 1.88 bits per heavy atom. The number of benzene rings is 1. The third-order valence-corrected chi connectivity index (χ3v) is 3.94. The lowest BCUT2D eigenvalue weighted by atomic mass is 9.94. The molecule has 1 heterocycles. The number of nitrogens with zero attached hydrogens (tertiary/aromatic N) is 1. The fraction of sp³-hybridized carbons (Fsp3) is 0.600. The third kappa shape index (κ3) is 3.30. The zero-order valence-electron chi connectivity index (χ0n) is 11.0. The van der Waals surface area contributed by atoms with Crippen molar-refractivity contribution >= 4 is 0 Å². The second-order valence-corrected chi connectivity index (χ2v) is 5.33. The van der Waals surface area contributed by atoms with Gasteiger partial charge in [0.1, 0.15) is 0 Å². The van der Waals surface area contributed by atoms with Crippen molar-refractivity contribution in [3.8, 4) is 0 Å². The normalized spacial score (nSPS) is 26.1. The Morgan fingerprint density at radius 1 is 1.24 bits per heavy atom. The van der Waals surface area contributed by atoms with Crippen LogP contribution in [0.4, 0.5) is 0 Å². The van der Waals surface area contributed by atoms with E-state index in [4.69, 9.17) is 5.73 Å². The molecule has 0 radical (unpaired) electrons. The zero-order chi connectivity index (χ0) is 12.3. The van der Waals surface area contributed by atoms with Crippen LogP contribution in [0, 0.1) is 5.92 Å². The van der Waals surface area contributed by atoms with Crippen LogP contribution in [-0.4, -0.2) is 24.0 Å². The maximum atomic E-state index is 6.13. The molecule has 0 aliphatic carbocycles. The van der Waals surface area contributed by atoms with E-state index >= 15 is 0 Å². The average molecular weight is 232 g/mol. The molecule has 2 unspecified atom stereocenters. The van der Waals surface area contributed by atoms with Crippen molar-refractivity contribution in [2.45, 2.75) is 39.3 Å². The zero-order valence-corrected chi connectivity index (χ0v) is 11.0. The van der Waals surface area contributed by atoms with Gasteiger partial charge in [0.15, 0.2) is 0 Å². The number of piperidine rings is 1. The van der Waals surface area contributed by atoms with Crippen molar-refractivity contribution in [2.24, 2.45) is 11.7 Å². The Kier molecular flexibility index (Phi) is 4.19. The van der Waals surface area contributed by atoms with Gasteiger partial charge in [0.2, 0.25) is 0 Å². The molecule has 1 aromatic rings. The number of hydrogen-bond donors (Lipinski definition) is 1. The molecule has 17 heavy (non-hydrogen) atoms. The van der Waals surface area contributed by atoms with E-state index in [0.29, 0.717) is 12.0 Å². The quantitative estimate of drug-likeness (QED) is 0.867. The summed E-state index contributed by atoms with van der Waals surface area (Å²) < 4.78 is 0. The van der Waals surface area contributed by atoms with E-state index in [0.717, 1.165) is 19.5 Å². The first kappa shape index (κ1) is 12.6. The molecular weight excluding hydrogens is 208 g/mol. The lowest BCUT2D eigenvalue weighted by Crippen LogP contribution is -2.47. The predicted molar refractivity (Wildman–Crippen MR) is 72.9 cm³/mol. The summed E-state index contributed by atoms with van der Waals surface area (Å²) in [6.07, 6.45) is 2.35. The van der Waals surface area contributed by atoms with E-state index in [1.165, 1.54) is 24.1 Å². The molecule has 1 fully saturated rings. The Hall–Kier alpha value is -0.860. The highest BCUT2D eigenvalue weighted by Gasteiger charge is 2.22. The molecule has 2 nitrogen and oxygen atoms in total. The van der Waals surface area contributed by atoms with E-state index in [1.807, 2.05) is 0 Å². The lowest BCUT2D eigenvalue weighted by Gasteiger charge is -2.35. The van der Waals surface area contributed by atoms with Crippen LogP contribution in [0.2, 0.25) is 0 Å². The van der Waals surface area contributed by atoms with E-state index in [9.17, 15) is 0 Å². The van der Waals surface area contributed by atoms with E-state index in [2.05, 4.69) is 43.0 Å². The Balaban J connectivity index is 1.92. The minimum absolute atomic E-state index is 0.346. The smallest absolute Gasteiger partial charge is 0.0234 e. The third-order valence-electron chi connectivity index (χ3n) is 3.94. The molecule has 1 aliphatic rings. The first-order chi connectivity index (χ1) is 8.19. The Morgan fingerprint density at radius 3 is 2.47 bits per heavy atom. The van der Waals surface area contributed by atoms with Crippen LogP contribution >= 0.6 is 0 Å². The Labute approximate surface area is 105 Å². The van der Waals surface area contributed by atoms with Crippen LogP contribution in [0.3, 0.4) is 0 Å². The monoisotopic (exact) mass is 232 g/mol. The van der Waals surface area contributed by atoms with Crippen molar-refractivity contribution in [2.75, 3.05) is 13.1 Å². The lowest BCUT2D eigenvalue weighted by molar-refractivity contribution is 0.162. The first-order valence-corrected chi connectivity index (χ1v) is 6.74. The van der Waals surface area contributed by atoms with Crippen LogP contribution in [0.5, 0.6) is 0 Å². The van der Waals surface area contributed by atoms with Crippen LogP contribution < -0.4 is 5.73 Å². The summed E-state index contributed by atoms with van der Waals surface area (Å²) in [5, 5.41) is 0. The molecule has 2 N–H and O–H groups in total. The summed E-state index contributed by atoms with van der Waals surface area (Å²) in [5.74, 6) is 0.675. The van der Waals surface area contributed by atoms with E-state index < -0.39 is 0 Å². The second-order valence-electron chi connectivity index (χ2n) is 5.33. The maximum Gasteiger partial charge on any atom is 0.0234 e. The van der Waals surface area contributed by atoms with Gasteiger partial charge in [-0.1, -0.05) is 38.1 Å². The number of likely N-dealkylation sites (tertiary alicyclic amines) is 1. The molecular formula is C15H24N2. The highest BCUT2D eigenvalue weighted by Crippen LogP contribution is 2.17. The highest BCUT2D eigenvalue weighted by atomic mass is 15.1. The standard InChI is InChI=1S/C15H24N2/c1-3-13-4-6-14(7-5-13)10-17-9-8-12(2)15(16)11-17/h4-7,12,15H,3,8-11,16H2,1-2H3. The first-order valence-electron chi connectivity index (χ1n) is 6.74. The molecule has 2 heteroatoms.